The van der Waals surface area contributed by atoms with Crippen molar-refractivity contribution in [2.24, 2.45) is 10.6 Å². The minimum absolute atomic E-state index is 0.0337. The zero-order valence-electron chi connectivity index (χ0n) is 29.1. The van der Waals surface area contributed by atoms with Crippen LogP contribution in [0.15, 0.2) is 59.8 Å². The van der Waals surface area contributed by atoms with Gasteiger partial charge in [0.15, 0.2) is 11.2 Å². The predicted octanol–water partition coefficient (Wildman–Crippen LogP) is 3.38. The van der Waals surface area contributed by atoms with Crippen LogP contribution in [0.4, 0.5) is 0 Å². The van der Waals surface area contributed by atoms with Gasteiger partial charge in [0.2, 0.25) is 17.6 Å². The van der Waals surface area contributed by atoms with E-state index in [9.17, 15) is 29.1 Å². The zero-order valence-corrected chi connectivity index (χ0v) is 29.9. The summed E-state index contributed by atoms with van der Waals surface area (Å²) in [4.78, 5) is 75.7. The third-order valence-electron chi connectivity index (χ3n) is 9.50. The number of oxime groups is 1. The Balaban J connectivity index is 1.43. The normalized spacial score (nSPS) is 22.5. The fraction of sp³-hybridized carbons (Fsp3) is 0.514. The Kier molecular flexibility index (Phi) is 10.7. The summed E-state index contributed by atoms with van der Waals surface area (Å²) >= 11 is 6.24. The lowest BCUT2D eigenvalue weighted by Gasteiger charge is -2.37. The molecule has 1 saturated carbocycles. The van der Waals surface area contributed by atoms with Gasteiger partial charge >= 0.3 is 0 Å². The monoisotopic (exact) mass is 707 g/mol. The molecule has 1 saturated heterocycles. The SMILES string of the molecule is CCC[C@H](NC(=O)[C@@H]1C[C@]2(CC(c3cccc(Cl)c3)=NO2)CN1C(=O)[C@@H](NC(=O)[C@](C)(O)c1ccccc1)C(C)(C)C)C(=O)C(=O)NC1CC1. The van der Waals surface area contributed by atoms with E-state index in [1.807, 2.05) is 13.0 Å². The van der Waals surface area contributed by atoms with Gasteiger partial charge in [-0.25, -0.2) is 0 Å². The van der Waals surface area contributed by atoms with Crippen LogP contribution in [0.2, 0.25) is 5.02 Å². The van der Waals surface area contributed by atoms with Crippen molar-refractivity contribution in [3.63, 3.8) is 0 Å². The number of amides is 4. The number of aliphatic hydroxyl groups is 1. The molecule has 0 radical (unpaired) electrons. The van der Waals surface area contributed by atoms with E-state index in [-0.39, 0.29) is 31.8 Å². The summed E-state index contributed by atoms with van der Waals surface area (Å²) in [6.45, 7) is 8.46. The number of nitrogens with one attached hydrogen (secondary N) is 3. The van der Waals surface area contributed by atoms with E-state index in [4.69, 9.17) is 16.4 Å². The van der Waals surface area contributed by atoms with Crippen molar-refractivity contribution in [3.05, 3.63) is 70.7 Å². The third-order valence-corrected chi connectivity index (χ3v) is 9.73. The summed E-state index contributed by atoms with van der Waals surface area (Å²) < 4.78 is 0. The van der Waals surface area contributed by atoms with E-state index >= 15 is 0 Å². The van der Waals surface area contributed by atoms with E-state index in [2.05, 4.69) is 21.1 Å². The number of carbonyl (C=O) groups is 5. The van der Waals surface area contributed by atoms with Crippen molar-refractivity contribution in [1.82, 2.24) is 20.9 Å². The van der Waals surface area contributed by atoms with Crippen molar-refractivity contribution >= 4 is 46.7 Å². The van der Waals surface area contributed by atoms with E-state index in [0.717, 1.165) is 18.4 Å². The van der Waals surface area contributed by atoms with Gasteiger partial charge in [-0.05, 0) is 49.3 Å². The molecular formula is C37H46ClN5O7. The highest BCUT2D eigenvalue weighted by atomic mass is 35.5. The first-order chi connectivity index (χ1) is 23.5. The lowest BCUT2D eigenvalue weighted by molar-refractivity contribution is -0.149. The molecule has 268 valence electrons. The minimum atomic E-state index is -1.96. The van der Waals surface area contributed by atoms with Crippen molar-refractivity contribution in [2.45, 2.75) is 109 Å². The molecule has 0 aromatic heterocycles. The lowest BCUT2D eigenvalue weighted by Crippen LogP contribution is -2.60. The van der Waals surface area contributed by atoms with Gasteiger partial charge in [0.25, 0.3) is 11.8 Å². The molecule has 0 bridgehead atoms. The van der Waals surface area contributed by atoms with Crippen LogP contribution in [0.3, 0.4) is 0 Å². The van der Waals surface area contributed by atoms with Crippen LogP contribution < -0.4 is 16.0 Å². The van der Waals surface area contributed by atoms with Crippen molar-refractivity contribution in [1.29, 1.82) is 0 Å². The highest BCUT2D eigenvalue weighted by molar-refractivity contribution is 6.38. The number of ketones is 1. The van der Waals surface area contributed by atoms with Crippen molar-refractivity contribution < 1.29 is 33.9 Å². The van der Waals surface area contributed by atoms with E-state index in [1.165, 1.54) is 11.8 Å². The van der Waals surface area contributed by atoms with E-state index in [1.54, 1.807) is 69.3 Å². The summed E-state index contributed by atoms with van der Waals surface area (Å²) in [5, 5.41) is 24.3. The number of Topliss-reactive ketones (excluding diaryl/α,β-unsaturated/α-hetero) is 1. The molecule has 5 atom stereocenters. The third kappa shape index (κ3) is 8.18. The van der Waals surface area contributed by atoms with Gasteiger partial charge in [0.1, 0.15) is 12.1 Å². The van der Waals surface area contributed by atoms with Gasteiger partial charge in [0, 0.05) is 29.5 Å². The van der Waals surface area contributed by atoms with Gasteiger partial charge in [0.05, 0.1) is 18.3 Å². The molecule has 1 spiro atoms. The Bertz CT molecular complexity index is 1670. The van der Waals surface area contributed by atoms with Crippen LogP contribution in [0.25, 0.3) is 0 Å². The molecule has 12 nitrogen and oxygen atoms in total. The molecule has 4 N–H and O–H groups in total. The second-order valence-corrected chi connectivity index (χ2v) is 15.3. The first-order valence-corrected chi connectivity index (χ1v) is 17.5. The van der Waals surface area contributed by atoms with Crippen LogP contribution in [-0.2, 0) is 34.4 Å². The predicted molar refractivity (Wildman–Crippen MR) is 187 cm³/mol. The highest BCUT2D eigenvalue weighted by Gasteiger charge is 2.56. The number of hydrogen-bond donors (Lipinski definition) is 4. The van der Waals surface area contributed by atoms with Crippen LogP contribution >= 0.6 is 11.6 Å². The molecule has 3 aliphatic rings. The lowest BCUT2D eigenvalue weighted by atomic mass is 9.84. The Hall–Kier alpha value is -4.29. The van der Waals surface area contributed by atoms with Gasteiger partial charge in [-0.2, -0.15) is 0 Å². The Morgan fingerprint density at radius 1 is 1.04 bits per heavy atom. The van der Waals surface area contributed by atoms with Gasteiger partial charge in [-0.15, -0.1) is 0 Å². The van der Waals surface area contributed by atoms with E-state index in [0.29, 0.717) is 22.7 Å². The maximum atomic E-state index is 14.6. The Morgan fingerprint density at radius 2 is 1.74 bits per heavy atom. The maximum Gasteiger partial charge on any atom is 0.289 e. The number of hydrogen-bond acceptors (Lipinski definition) is 8. The Morgan fingerprint density at radius 3 is 2.36 bits per heavy atom. The van der Waals surface area contributed by atoms with Crippen molar-refractivity contribution in [3.8, 4) is 0 Å². The summed E-state index contributed by atoms with van der Waals surface area (Å²) in [5.74, 6) is -3.48. The standard InChI is InChI=1S/C37H46ClN5O7/c1-6-11-26(29(44)32(46)39-25-16-17-25)40-31(45)28-20-37(19-27(42-50-37)22-12-10-15-24(38)18-22)21-43(28)33(47)30(35(2,3)4)41-34(48)36(5,49)23-13-8-7-9-14-23/h7-10,12-15,18,25-26,28,30,49H,6,11,16-17,19-21H2,1-5H3,(H,39,46)(H,40,45)(H,41,48)/t26-,28-,30+,36+,37+/m0/s1. The molecule has 2 aromatic carbocycles. The fourth-order valence-electron chi connectivity index (χ4n) is 6.40. The summed E-state index contributed by atoms with van der Waals surface area (Å²) in [5.41, 5.74) is -2.24. The van der Waals surface area contributed by atoms with Crippen LogP contribution in [0.1, 0.15) is 84.3 Å². The first-order valence-electron chi connectivity index (χ1n) is 17.1. The molecule has 0 unspecified atom stereocenters. The maximum absolute atomic E-state index is 14.6. The molecular weight excluding hydrogens is 662 g/mol. The fourth-order valence-corrected chi connectivity index (χ4v) is 6.59. The number of nitrogens with zero attached hydrogens (tertiary/aromatic N) is 2. The molecule has 1 aliphatic carbocycles. The second-order valence-electron chi connectivity index (χ2n) is 14.9. The second kappa shape index (κ2) is 14.5. The molecule has 2 aliphatic heterocycles. The average Bonchev–Trinajstić information content (AvgIpc) is 3.67. The smallest absolute Gasteiger partial charge is 0.289 e. The van der Waals surface area contributed by atoms with Gasteiger partial charge in [-0.1, -0.05) is 93.3 Å². The molecule has 2 aromatic rings. The zero-order chi connectivity index (χ0) is 36.4. The molecule has 4 amide bonds. The van der Waals surface area contributed by atoms with Crippen molar-refractivity contribution in [2.75, 3.05) is 6.54 Å². The quantitative estimate of drug-likeness (QED) is 0.246. The van der Waals surface area contributed by atoms with Crippen LogP contribution in [0.5, 0.6) is 0 Å². The Labute approximate surface area is 297 Å². The minimum Gasteiger partial charge on any atom is -0.387 e. The molecule has 5 rings (SSSR count). The van der Waals surface area contributed by atoms with Crippen LogP contribution in [0, 0.1) is 5.41 Å². The molecule has 13 heteroatoms. The highest BCUT2D eigenvalue weighted by Crippen LogP contribution is 2.40. The largest absolute Gasteiger partial charge is 0.387 e. The first kappa shape index (κ1) is 37.0. The number of benzene rings is 2. The van der Waals surface area contributed by atoms with Gasteiger partial charge < -0.3 is 30.8 Å². The molecule has 2 heterocycles. The number of rotatable bonds is 12. The molecule has 2 fully saturated rings. The van der Waals surface area contributed by atoms with Gasteiger partial charge in [-0.3, -0.25) is 24.0 Å². The number of carbonyl (C=O) groups excluding carboxylic acids is 5. The number of halogens is 1. The summed E-state index contributed by atoms with van der Waals surface area (Å²) in [6.07, 6.45) is 2.64. The number of likely N-dealkylation sites (tertiary alicyclic amines) is 1. The van der Waals surface area contributed by atoms with Crippen LogP contribution in [-0.4, -0.2) is 81.4 Å². The summed E-state index contributed by atoms with van der Waals surface area (Å²) in [7, 11) is 0. The topological polar surface area (TPSA) is 166 Å². The average molecular weight is 708 g/mol. The summed E-state index contributed by atoms with van der Waals surface area (Å²) in [6, 6.07) is 12.1. The van der Waals surface area contributed by atoms with E-state index < -0.39 is 64.2 Å². The molecule has 50 heavy (non-hydrogen) atoms.